The van der Waals surface area contributed by atoms with Crippen LogP contribution in [-0.4, -0.2) is 29.2 Å². The maximum atomic E-state index is 8.55. The van der Waals surface area contributed by atoms with E-state index in [1.54, 1.807) is 0 Å². The van der Waals surface area contributed by atoms with Gasteiger partial charge in [-0.1, -0.05) is 32.9 Å². The van der Waals surface area contributed by atoms with Crippen molar-refractivity contribution in [3.63, 3.8) is 0 Å². The van der Waals surface area contributed by atoms with Gasteiger partial charge in [-0.3, -0.25) is 0 Å². The zero-order valence-corrected chi connectivity index (χ0v) is 8.99. The molecule has 0 aliphatic rings. The van der Waals surface area contributed by atoms with Crippen LogP contribution in [0.3, 0.4) is 0 Å². The molecule has 0 aliphatic heterocycles. The van der Waals surface area contributed by atoms with Crippen LogP contribution in [0.15, 0.2) is 5.16 Å². The van der Waals surface area contributed by atoms with E-state index in [1.807, 2.05) is 4.90 Å². The van der Waals surface area contributed by atoms with E-state index in [0.717, 1.165) is 13.1 Å². The molecule has 0 aliphatic carbocycles. The molecule has 0 heterocycles. The first-order chi connectivity index (χ1) is 5.97. The van der Waals surface area contributed by atoms with Crippen LogP contribution < -0.4 is 5.73 Å². The van der Waals surface area contributed by atoms with E-state index in [2.05, 4.69) is 32.9 Å². The predicted molar refractivity (Wildman–Crippen MR) is 54.7 cm³/mol. The summed E-state index contributed by atoms with van der Waals surface area (Å²) < 4.78 is 0. The molecule has 0 atom stereocenters. The van der Waals surface area contributed by atoms with Gasteiger partial charge >= 0.3 is 0 Å². The molecule has 4 heteroatoms. The third-order valence-electron chi connectivity index (χ3n) is 1.60. The van der Waals surface area contributed by atoms with E-state index in [0.29, 0.717) is 11.8 Å². The fourth-order valence-corrected chi connectivity index (χ4v) is 1.21. The Kier molecular flexibility index (Phi) is 5.26. The highest BCUT2D eigenvalue weighted by Crippen LogP contribution is 2.02. The molecular formula is C9H21N3O. The molecule has 0 bridgehead atoms. The van der Waals surface area contributed by atoms with Crippen molar-refractivity contribution in [3.05, 3.63) is 0 Å². The Balaban J connectivity index is 4.19. The molecule has 0 rings (SSSR count). The first-order valence-corrected chi connectivity index (χ1v) is 4.69. The number of oxime groups is 1. The van der Waals surface area contributed by atoms with Gasteiger partial charge in [0, 0.05) is 13.1 Å². The van der Waals surface area contributed by atoms with Crippen molar-refractivity contribution in [3.8, 4) is 0 Å². The fourth-order valence-electron chi connectivity index (χ4n) is 1.21. The standard InChI is InChI=1S/C9H21N3O/c1-7(2)5-12(6-8(3)4)9(10)11-13/h7-8,13H,5-6H2,1-4H3,(H2,10,11). The van der Waals surface area contributed by atoms with Crippen LogP contribution in [0.5, 0.6) is 0 Å². The van der Waals surface area contributed by atoms with Crippen molar-refractivity contribution in [1.29, 1.82) is 0 Å². The van der Waals surface area contributed by atoms with Crippen LogP contribution >= 0.6 is 0 Å². The normalized spacial score (nSPS) is 12.6. The Morgan fingerprint density at radius 2 is 1.62 bits per heavy atom. The van der Waals surface area contributed by atoms with Gasteiger partial charge in [0.1, 0.15) is 0 Å². The van der Waals surface area contributed by atoms with Gasteiger partial charge in [0.05, 0.1) is 0 Å². The summed E-state index contributed by atoms with van der Waals surface area (Å²) in [7, 11) is 0. The Morgan fingerprint density at radius 3 is 1.85 bits per heavy atom. The lowest BCUT2D eigenvalue weighted by molar-refractivity contribution is 0.277. The molecule has 0 aromatic rings. The average Bonchev–Trinajstić information content (AvgIpc) is 2.00. The van der Waals surface area contributed by atoms with Crippen molar-refractivity contribution in [2.45, 2.75) is 27.7 Å². The molecule has 0 spiro atoms. The van der Waals surface area contributed by atoms with Crippen LogP contribution in [0.2, 0.25) is 0 Å². The molecule has 4 nitrogen and oxygen atoms in total. The number of rotatable bonds is 4. The second-order valence-corrected chi connectivity index (χ2v) is 4.15. The zero-order valence-electron chi connectivity index (χ0n) is 8.99. The summed E-state index contributed by atoms with van der Waals surface area (Å²) in [6, 6.07) is 0. The van der Waals surface area contributed by atoms with Gasteiger partial charge < -0.3 is 15.8 Å². The minimum absolute atomic E-state index is 0.211. The van der Waals surface area contributed by atoms with Gasteiger partial charge in [0.25, 0.3) is 0 Å². The molecule has 0 amide bonds. The molecule has 0 saturated carbocycles. The first-order valence-electron chi connectivity index (χ1n) is 4.69. The van der Waals surface area contributed by atoms with Crippen LogP contribution in [-0.2, 0) is 0 Å². The summed E-state index contributed by atoms with van der Waals surface area (Å²) in [5.74, 6) is 1.24. The lowest BCUT2D eigenvalue weighted by atomic mass is 10.1. The van der Waals surface area contributed by atoms with Crippen molar-refractivity contribution >= 4 is 5.96 Å². The molecule has 78 valence electrons. The largest absolute Gasteiger partial charge is 0.408 e. The van der Waals surface area contributed by atoms with Crippen LogP contribution in [0.1, 0.15) is 27.7 Å². The highest BCUT2D eigenvalue weighted by atomic mass is 16.4. The summed E-state index contributed by atoms with van der Waals surface area (Å²) in [6.45, 7) is 10.1. The van der Waals surface area contributed by atoms with Crippen LogP contribution in [0.25, 0.3) is 0 Å². The Bertz CT molecular complexity index is 156. The van der Waals surface area contributed by atoms with E-state index < -0.39 is 0 Å². The Hall–Kier alpha value is -0.930. The molecule has 0 radical (unpaired) electrons. The maximum absolute atomic E-state index is 8.55. The molecule has 0 aromatic carbocycles. The van der Waals surface area contributed by atoms with Gasteiger partial charge in [-0.2, -0.15) is 0 Å². The molecule has 0 unspecified atom stereocenters. The minimum Gasteiger partial charge on any atom is -0.408 e. The van der Waals surface area contributed by atoms with Gasteiger partial charge in [-0.15, -0.1) is 0 Å². The van der Waals surface area contributed by atoms with Crippen molar-refractivity contribution < 1.29 is 5.21 Å². The quantitative estimate of drug-likeness (QED) is 0.302. The average molecular weight is 187 g/mol. The van der Waals surface area contributed by atoms with Crippen LogP contribution in [0, 0.1) is 11.8 Å². The number of nitrogens with zero attached hydrogens (tertiary/aromatic N) is 2. The highest BCUT2D eigenvalue weighted by molar-refractivity contribution is 5.77. The van der Waals surface area contributed by atoms with E-state index in [9.17, 15) is 0 Å². The van der Waals surface area contributed by atoms with Crippen LogP contribution in [0.4, 0.5) is 0 Å². The number of guanidine groups is 1. The number of hydrogen-bond donors (Lipinski definition) is 2. The summed E-state index contributed by atoms with van der Waals surface area (Å²) in [5.41, 5.74) is 5.54. The third kappa shape index (κ3) is 5.33. The lowest BCUT2D eigenvalue weighted by Crippen LogP contribution is -2.41. The maximum Gasteiger partial charge on any atom is 0.233 e. The van der Waals surface area contributed by atoms with E-state index >= 15 is 0 Å². The van der Waals surface area contributed by atoms with E-state index in [4.69, 9.17) is 10.9 Å². The molecule has 3 N–H and O–H groups in total. The summed E-state index contributed by atoms with van der Waals surface area (Å²) >= 11 is 0. The van der Waals surface area contributed by atoms with E-state index in [-0.39, 0.29) is 5.96 Å². The Labute approximate surface area is 80.4 Å². The summed E-state index contributed by atoms with van der Waals surface area (Å²) in [4.78, 5) is 1.90. The first kappa shape index (κ1) is 12.1. The molecular weight excluding hydrogens is 166 g/mol. The summed E-state index contributed by atoms with van der Waals surface area (Å²) in [5, 5.41) is 11.6. The van der Waals surface area contributed by atoms with Crippen molar-refractivity contribution in [1.82, 2.24) is 4.90 Å². The zero-order chi connectivity index (χ0) is 10.4. The summed E-state index contributed by atoms with van der Waals surface area (Å²) in [6.07, 6.45) is 0. The molecule has 0 saturated heterocycles. The SMILES string of the molecule is CC(C)CN(CC(C)C)/C(N)=N/O. The fraction of sp³-hybridized carbons (Fsp3) is 0.889. The Morgan fingerprint density at radius 1 is 1.23 bits per heavy atom. The van der Waals surface area contributed by atoms with Crippen molar-refractivity contribution in [2.24, 2.45) is 22.7 Å². The monoisotopic (exact) mass is 187 g/mol. The van der Waals surface area contributed by atoms with Gasteiger partial charge in [0.15, 0.2) is 0 Å². The smallest absolute Gasteiger partial charge is 0.233 e. The minimum atomic E-state index is 0.211. The third-order valence-corrected chi connectivity index (χ3v) is 1.60. The molecule has 0 aromatic heterocycles. The second kappa shape index (κ2) is 5.67. The van der Waals surface area contributed by atoms with Gasteiger partial charge in [0.2, 0.25) is 5.96 Å². The number of nitrogens with two attached hydrogens (primary N) is 1. The lowest BCUT2D eigenvalue weighted by Gasteiger charge is -2.26. The molecule has 13 heavy (non-hydrogen) atoms. The van der Waals surface area contributed by atoms with E-state index in [1.165, 1.54) is 0 Å². The van der Waals surface area contributed by atoms with Gasteiger partial charge in [-0.25, -0.2) is 0 Å². The van der Waals surface area contributed by atoms with Crippen molar-refractivity contribution in [2.75, 3.05) is 13.1 Å². The number of hydrogen-bond acceptors (Lipinski definition) is 2. The topological polar surface area (TPSA) is 61.8 Å². The van der Waals surface area contributed by atoms with Gasteiger partial charge in [-0.05, 0) is 11.8 Å². The molecule has 0 fully saturated rings. The predicted octanol–water partition coefficient (Wildman–Crippen LogP) is 1.30. The highest BCUT2D eigenvalue weighted by Gasteiger charge is 2.11. The second-order valence-electron chi connectivity index (χ2n) is 4.15.